The van der Waals surface area contributed by atoms with E-state index in [1.54, 1.807) is 6.08 Å². The molecular formula is C12H10N2O2S2. The van der Waals surface area contributed by atoms with Gasteiger partial charge in [0.1, 0.15) is 0 Å². The number of thioether (sulfide) groups is 1. The molecule has 1 aromatic rings. The summed E-state index contributed by atoms with van der Waals surface area (Å²) in [4.78, 5) is 26.3. The van der Waals surface area contributed by atoms with Gasteiger partial charge in [-0.2, -0.15) is 5.26 Å². The molecule has 1 fully saturated rings. The number of thiophene rings is 1. The predicted octanol–water partition coefficient (Wildman–Crippen LogP) is 3.09. The van der Waals surface area contributed by atoms with Crippen LogP contribution in [0.1, 0.15) is 17.7 Å². The molecule has 0 unspecified atom stereocenters. The van der Waals surface area contributed by atoms with Crippen molar-refractivity contribution in [3.05, 3.63) is 27.3 Å². The van der Waals surface area contributed by atoms with Gasteiger partial charge in [0.25, 0.3) is 11.1 Å². The summed E-state index contributed by atoms with van der Waals surface area (Å²) < 4.78 is 0. The largest absolute Gasteiger partial charge is 0.293 e. The summed E-state index contributed by atoms with van der Waals surface area (Å²) in [5.41, 5.74) is 0. The molecular weight excluding hydrogens is 268 g/mol. The first-order chi connectivity index (χ1) is 8.72. The molecule has 1 aliphatic heterocycles. The summed E-state index contributed by atoms with van der Waals surface area (Å²) in [6, 6.07) is 5.79. The molecule has 0 spiro atoms. The maximum absolute atomic E-state index is 12.0. The zero-order chi connectivity index (χ0) is 13.0. The highest BCUT2D eigenvalue weighted by atomic mass is 32.2. The Morgan fingerprint density at radius 3 is 2.94 bits per heavy atom. The van der Waals surface area contributed by atoms with Crippen molar-refractivity contribution in [2.45, 2.75) is 12.8 Å². The van der Waals surface area contributed by atoms with Gasteiger partial charge in [-0.05, 0) is 35.7 Å². The maximum Gasteiger partial charge on any atom is 0.293 e. The lowest BCUT2D eigenvalue weighted by Gasteiger charge is -2.10. The van der Waals surface area contributed by atoms with Gasteiger partial charge in [0.15, 0.2) is 0 Å². The molecule has 6 heteroatoms. The number of imide groups is 1. The van der Waals surface area contributed by atoms with Crippen molar-refractivity contribution in [1.82, 2.24) is 4.90 Å². The fourth-order valence-corrected chi connectivity index (χ4v) is 3.10. The van der Waals surface area contributed by atoms with Crippen LogP contribution in [0.4, 0.5) is 4.79 Å². The van der Waals surface area contributed by atoms with Crippen molar-refractivity contribution in [3.8, 4) is 6.07 Å². The van der Waals surface area contributed by atoms with Crippen molar-refractivity contribution in [2.24, 2.45) is 0 Å². The van der Waals surface area contributed by atoms with E-state index in [0.29, 0.717) is 24.3 Å². The molecule has 0 saturated carbocycles. The van der Waals surface area contributed by atoms with Crippen LogP contribution in [0.2, 0.25) is 0 Å². The van der Waals surface area contributed by atoms with Crippen molar-refractivity contribution in [1.29, 1.82) is 5.26 Å². The van der Waals surface area contributed by atoms with Crippen LogP contribution < -0.4 is 0 Å². The number of rotatable bonds is 4. The van der Waals surface area contributed by atoms with Crippen LogP contribution in [-0.4, -0.2) is 22.6 Å². The number of carbonyl (C=O) groups is 2. The summed E-state index contributed by atoms with van der Waals surface area (Å²) >= 11 is 2.48. The SMILES string of the molecule is N#CCCCN1C(=O)S/C(=C/c2cccs2)C1=O. The standard InChI is InChI=1S/C12H10N2O2S2/c13-5-1-2-6-14-11(15)10(18-12(14)16)8-9-4-3-7-17-9/h3-4,7-8H,1-2,6H2/b10-8+. The normalized spacial score (nSPS) is 17.5. The Hall–Kier alpha value is -1.58. The minimum absolute atomic E-state index is 0.249. The smallest absolute Gasteiger partial charge is 0.268 e. The summed E-state index contributed by atoms with van der Waals surface area (Å²) in [7, 11) is 0. The fraction of sp³-hybridized carbons (Fsp3) is 0.250. The van der Waals surface area contributed by atoms with E-state index < -0.39 is 0 Å². The highest BCUT2D eigenvalue weighted by Crippen LogP contribution is 2.32. The first kappa shape index (κ1) is 12.9. The van der Waals surface area contributed by atoms with E-state index in [2.05, 4.69) is 0 Å². The zero-order valence-electron chi connectivity index (χ0n) is 9.46. The van der Waals surface area contributed by atoms with E-state index in [1.165, 1.54) is 16.2 Å². The van der Waals surface area contributed by atoms with Gasteiger partial charge in [0, 0.05) is 17.8 Å². The molecule has 4 nitrogen and oxygen atoms in total. The van der Waals surface area contributed by atoms with Gasteiger partial charge in [-0.25, -0.2) is 0 Å². The molecule has 92 valence electrons. The van der Waals surface area contributed by atoms with Gasteiger partial charge in [-0.3, -0.25) is 14.5 Å². The second kappa shape index (κ2) is 5.85. The fourth-order valence-electron chi connectivity index (χ4n) is 1.51. The minimum atomic E-state index is -0.253. The Labute approximate surface area is 113 Å². The van der Waals surface area contributed by atoms with E-state index in [4.69, 9.17) is 5.26 Å². The molecule has 18 heavy (non-hydrogen) atoms. The monoisotopic (exact) mass is 278 g/mol. The lowest BCUT2D eigenvalue weighted by atomic mass is 10.3. The number of hydrogen-bond acceptors (Lipinski definition) is 5. The van der Waals surface area contributed by atoms with Crippen LogP contribution in [0.3, 0.4) is 0 Å². The quantitative estimate of drug-likeness (QED) is 0.627. The Morgan fingerprint density at radius 2 is 2.28 bits per heavy atom. The number of unbranched alkanes of at least 4 members (excludes halogenated alkanes) is 1. The Balaban J connectivity index is 2.07. The van der Waals surface area contributed by atoms with Crippen LogP contribution in [0.15, 0.2) is 22.4 Å². The Morgan fingerprint density at radius 1 is 1.44 bits per heavy atom. The molecule has 2 heterocycles. The molecule has 1 aromatic heterocycles. The third kappa shape index (κ3) is 2.81. The van der Waals surface area contributed by atoms with Gasteiger partial charge in [0.2, 0.25) is 0 Å². The Bertz CT molecular complexity index is 529. The highest BCUT2D eigenvalue weighted by Gasteiger charge is 2.34. The molecule has 0 bridgehead atoms. The third-order valence-corrected chi connectivity index (χ3v) is 4.09. The first-order valence-corrected chi connectivity index (χ1v) is 7.08. The van der Waals surface area contributed by atoms with Gasteiger partial charge >= 0.3 is 0 Å². The highest BCUT2D eigenvalue weighted by molar-refractivity contribution is 8.18. The first-order valence-electron chi connectivity index (χ1n) is 5.38. The minimum Gasteiger partial charge on any atom is -0.268 e. The molecule has 2 rings (SSSR count). The third-order valence-electron chi connectivity index (χ3n) is 2.36. The number of carbonyl (C=O) groups excluding carboxylic acids is 2. The number of nitrogens with zero attached hydrogens (tertiary/aromatic N) is 2. The van der Waals surface area contributed by atoms with Crippen LogP contribution in [0.25, 0.3) is 6.08 Å². The van der Waals surface area contributed by atoms with Crippen molar-refractivity contribution < 1.29 is 9.59 Å². The average Bonchev–Trinajstić information content (AvgIpc) is 2.93. The molecule has 2 amide bonds. The van der Waals surface area contributed by atoms with E-state index in [1.807, 2.05) is 23.6 Å². The number of nitriles is 1. The molecule has 1 saturated heterocycles. The summed E-state index contributed by atoms with van der Waals surface area (Å²) in [5.74, 6) is -0.253. The summed E-state index contributed by atoms with van der Waals surface area (Å²) in [6.07, 6.45) is 2.62. The van der Waals surface area contributed by atoms with Gasteiger partial charge in [-0.1, -0.05) is 6.07 Å². The number of hydrogen-bond donors (Lipinski definition) is 0. The van der Waals surface area contributed by atoms with Gasteiger partial charge in [0.05, 0.1) is 11.0 Å². The molecule has 1 aliphatic rings. The van der Waals surface area contributed by atoms with Gasteiger partial charge in [-0.15, -0.1) is 11.3 Å². The molecule has 0 aliphatic carbocycles. The average molecular weight is 278 g/mol. The van der Waals surface area contributed by atoms with Crippen LogP contribution in [0.5, 0.6) is 0 Å². The van der Waals surface area contributed by atoms with Crippen LogP contribution >= 0.6 is 23.1 Å². The zero-order valence-corrected chi connectivity index (χ0v) is 11.1. The van der Waals surface area contributed by atoms with Crippen LogP contribution in [0, 0.1) is 11.3 Å². The molecule has 0 atom stereocenters. The predicted molar refractivity (Wildman–Crippen MR) is 71.8 cm³/mol. The molecule has 0 radical (unpaired) electrons. The van der Waals surface area contributed by atoms with E-state index >= 15 is 0 Å². The molecule has 0 aromatic carbocycles. The van der Waals surface area contributed by atoms with E-state index in [9.17, 15) is 9.59 Å². The van der Waals surface area contributed by atoms with E-state index in [0.717, 1.165) is 16.6 Å². The van der Waals surface area contributed by atoms with Crippen molar-refractivity contribution in [2.75, 3.05) is 6.54 Å². The maximum atomic E-state index is 12.0. The Kier molecular flexibility index (Phi) is 4.18. The second-order valence-corrected chi connectivity index (χ2v) is 5.58. The van der Waals surface area contributed by atoms with Crippen molar-refractivity contribution >= 4 is 40.3 Å². The summed E-state index contributed by atoms with van der Waals surface area (Å²) in [5, 5.41) is 10.1. The topological polar surface area (TPSA) is 61.2 Å². The summed E-state index contributed by atoms with van der Waals surface area (Å²) in [6.45, 7) is 0.319. The van der Waals surface area contributed by atoms with E-state index in [-0.39, 0.29) is 11.1 Å². The lowest BCUT2D eigenvalue weighted by Crippen LogP contribution is -2.29. The second-order valence-electron chi connectivity index (χ2n) is 3.61. The van der Waals surface area contributed by atoms with Crippen molar-refractivity contribution in [3.63, 3.8) is 0 Å². The molecule has 0 N–H and O–H groups in total. The number of amides is 2. The van der Waals surface area contributed by atoms with Crippen LogP contribution in [-0.2, 0) is 4.79 Å². The lowest BCUT2D eigenvalue weighted by molar-refractivity contribution is -0.122. The van der Waals surface area contributed by atoms with Gasteiger partial charge < -0.3 is 0 Å².